The monoisotopic (exact) mass is 378 g/mol. The molecule has 5 nitrogen and oxygen atoms in total. The molecule has 2 amide bonds. The van der Waals surface area contributed by atoms with Crippen molar-refractivity contribution < 1.29 is 27.5 Å². The fraction of sp³-hybridized carbons (Fsp3) is 0.158. The van der Waals surface area contributed by atoms with E-state index >= 15 is 0 Å². The molecule has 2 N–H and O–H groups in total. The summed E-state index contributed by atoms with van der Waals surface area (Å²) >= 11 is 0. The summed E-state index contributed by atoms with van der Waals surface area (Å²) in [7, 11) is 0. The highest BCUT2D eigenvalue weighted by atomic mass is 19.4. The fourth-order valence-corrected chi connectivity index (χ4v) is 2.17. The van der Waals surface area contributed by atoms with Gasteiger partial charge in [-0.05, 0) is 29.8 Å². The molecule has 2 aromatic rings. The van der Waals surface area contributed by atoms with Crippen LogP contribution in [0.25, 0.3) is 6.08 Å². The lowest BCUT2D eigenvalue weighted by Gasteiger charge is -2.13. The van der Waals surface area contributed by atoms with Crippen LogP contribution in [-0.2, 0) is 16.1 Å². The number of anilines is 1. The zero-order valence-corrected chi connectivity index (χ0v) is 14.3. The fourth-order valence-electron chi connectivity index (χ4n) is 2.17. The number of hydrogen-bond acceptors (Lipinski definition) is 3. The van der Waals surface area contributed by atoms with Crippen LogP contribution in [-0.4, -0.2) is 18.2 Å². The number of para-hydroxylation sites is 1. The molecule has 0 saturated carbocycles. The molecule has 2 rings (SSSR count). The molecule has 0 bridgehead atoms. The van der Waals surface area contributed by atoms with Gasteiger partial charge in [-0.15, -0.1) is 13.2 Å². The van der Waals surface area contributed by atoms with E-state index in [9.17, 15) is 22.8 Å². The summed E-state index contributed by atoms with van der Waals surface area (Å²) in [5.41, 5.74) is 1.56. The van der Waals surface area contributed by atoms with Crippen LogP contribution in [0.5, 0.6) is 5.75 Å². The summed E-state index contributed by atoms with van der Waals surface area (Å²) < 4.78 is 41.1. The highest BCUT2D eigenvalue weighted by Gasteiger charge is 2.31. The minimum atomic E-state index is -4.80. The molecule has 0 spiro atoms. The summed E-state index contributed by atoms with van der Waals surface area (Å²) in [6, 6.07) is 12.4. The molecule has 2 aromatic carbocycles. The van der Waals surface area contributed by atoms with Crippen LogP contribution in [0, 0.1) is 0 Å². The third-order valence-electron chi connectivity index (χ3n) is 3.31. The number of nitrogens with one attached hydrogen (secondary N) is 2. The molecule has 27 heavy (non-hydrogen) atoms. The number of ether oxygens (including phenoxy) is 1. The molecule has 0 heterocycles. The van der Waals surface area contributed by atoms with Crippen LogP contribution < -0.4 is 15.4 Å². The van der Waals surface area contributed by atoms with Gasteiger partial charge in [-0.1, -0.05) is 30.3 Å². The largest absolute Gasteiger partial charge is 0.573 e. The smallest absolute Gasteiger partial charge is 0.405 e. The predicted molar refractivity (Wildman–Crippen MR) is 94.8 cm³/mol. The summed E-state index contributed by atoms with van der Waals surface area (Å²) in [6.45, 7) is 1.28. The van der Waals surface area contributed by atoms with Gasteiger partial charge < -0.3 is 15.4 Å². The van der Waals surface area contributed by atoms with Gasteiger partial charge in [0.1, 0.15) is 5.75 Å². The van der Waals surface area contributed by atoms with Crippen molar-refractivity contribution >= 4 is 23.6 Å². The summed E-state index contributed by atoms with van der Waals surface area (Å²) in [5, 5.41) is 5.13. The highest BCUT2D eigenvalue weighted by molar-refractivity contribution is 5.92. The maximum atomic E-state index is 12.4. The van der Waals surface area contributed by atoms with E-state index in [0.717, 1.165) is 5.56 Å². The number of halogens is 3. The maximum Gasteiger partial charge on any atom is 0.573 e. The average Bonchev–Trinajstić information content (AvgIpc) is 2.58. The molecule has 8 heteroatoms. The normalized spacial score (nSPS) is 11.3. The quantitative estimate of drug-likeness (QED) is 0.750. The molecule has 0 aliphatic carbocycles. The van der Waals surface area contributed by atoms with Crippen LogP contribution in [0.1, 0.15) is 18.1 Å². The molecule has 0 saturated heterocycles. The van der Waals surface area contributed by atoms with E-state index in [1.54, 1.807) is 36.4 Å². The molecule has 0 radical (unpaired) electrons. The van der Waals surface area contributed by atoms with Crippen LogP contribution in [0.2, 0.25) is 0 Å². The molecular weight excluding hydrogens is 361 g/mol. The zero-order valence-electron chi connectivity index (χ0n) is 14.3. The summed E-state index contributed by atoms with van der Waals surface area (Å²) in [6.07, 6.45) is -1.99. The van der Waals surface area contributed by atoms with Gasteiger partial charge >= 0.3 is 6.36 Å². The lowest BCUT2D eigenvalue weighted by atomic mass is 10.2. The van der Waals surface area contributed by atoms with E-state index in [-0.39, 0.29) is 23.8 Å². The Labute approximate surface area is 153 Å². The minimum Gasteiger partial charge on any atom is -0.405 e. The van der Waals surface area contributed by atoms with E-state index in [4.69, 9.17) is 0 Å². The maximum absolute atomic E-state index is 12.4. The SMILES string of the molecule is CC(=O)Nc1ccc(/C=C/C(=O)NCc2ccccc2OC(F)(F)F)cc1. The Kier molecular flexibility index (Phi) is 6.59. The summed E-state index contributed by atoms with van der Waals surface area (Å²) in [4.78, 5) is 22.8. The number of carbonyl (C=O) groups is 2. The molecule has 0 fully saturated rings. The zero-order chi connectivity index (χ0) is 19.9. The van der Waals surface area contributed by atoms with Crippen molar-refractivity contribution in [3.8, 4) is 5.75 Å². The van der Waals surface area contributed by atoms with E-state index in [1.165, 1.54) is 31.2 Å². The number of amides is 2. The Hall–Kier alpha value is -3.29. The van der Waals surface area contributed by atoms with Crippen molar-refractivity contribution in [2.24, 2.45) is 0 Å². The number of rotatable bonds is 6. The van der Waals surface area contributed by atoms with Crippen molar-refractivity contribution in [1.29, 1.82) is 0 Å². The third kappa shape index (κ3) is 7.23. The Morgan fingerprint density at radius 3 is 2.37 bits per heavy atom. The van der Waals surface area contributed by atoms with Crippen LogP contribution in [0.4, 0.5) is 18.9 Å². The number of benzene rings is 2. The number of alkyl halides is 3. The number of carbonyl (C=O) groups excluding carboxylic acids is 2. The lowest BCUT2D eigenvalue weighted by molar-refractivity contribution is -0.274. The van der Waals surface area contributed by atoms with E-state index in [1.807, 2.05) is 0 Å². The van der Waals surface area contributed by atoms with Crippen molar-refractivity contribution in [1.82, 2.24) is 5.32 Å². The molecule has 0 aliphatic rings. The second-order valence-corrected chi connectivity index (χ2v) is 5.51. The van der Waals surface area contributed by atoms with Crippen molar-refractivity contribution in [2.45, 2.75) is 19.8 Å². The van der Waals surface area contributed by atoms with Gasteiger partial charge in [0.05, 0.1) is 0 Å². The Morgan fingerprint density at radius 1 is 1.07 bits per heavy atom. The van der Waals surface area contributed by atoms with Crippen molar-refractivity contribution in [2.75, 3.05) is 5.32 Å². The topological polar surface area (TPSA) is 67.4 Å². The Balaban J connectivity index is 1.93. The first-order chi connectivity index (χ1) is 12.7. The third-order valence-corrected chi connectivity index (χ3v) is 3.31. The van der Waals surface area contributed by atoms with Gasteiger partial charge in [-0.25, -0.2) is 0 Å². The predicted octanol–water partition coefficient (Wildman–Crippen LogP) is 3.87. The van der Waals surface area contributed by atoms with Gasteiger partial charge in [0.25, 0.3) is 0 Å². The first kappa shape index (κ1) is 20.0. The van der Waals surface area contributed by atoms with E-state index in [2.05, 4.69) is 15.4 Å². The van der Waals surface area contributed by atoms with E-state index in [0.29, 0.717) is 5.69 Å². The van der Waals surface area contributed by atoms with Gasteiger partial charge in [-0.2, -0.15) is 0 Å². The van der Waals surface area contributed by atoms with Gasteiger partial charge in [0.2, 0.25) is 11.8 Å². The Morgan fingerprint density at radius 2 is 1.74 bits per heavy atom. The highest BCUT2D eigenvalue weighted by Crippen LogP contribution is 2.26. The first-order valence-electron chi connectivity index (χ1n) is 7.90. The van der Waals surface area contributed by atoms with Gasteiger partial charge in [-0.3, -0.25) is 9.59 Å². The molecule has 142 valence electrons. The number of hydrogen-bond donors (Lipinski definition) is 2. The molecule has 0 atom stereocenters. The Bertz CT molecular complexity index is 831. The van der Waals surface area contributed by atoms with Crippen LogP contribution >= 0.6 is 0 Å². The molecule has 0 unspecified atom stereocenters. The van der Waals surface area contributed by atoms with Crippen molar-refractivity contribution in [3.05, 3.63) is 65.7 Å². The molecule has 0 aliphatic heterocycles. The standard InChI is InChI=1S/C19H17F3N2O3/c1-13(25)24-16-9-6-14(7-10-16)8-11-18(26)23-12-15-4-2-3-5-17(15)27-19(20,21)22/h2-11H,12H2,1H3,(H,23,26)(H,24,25)/b11-8+. The van der Waals surface area contributed by atoms with Gasteiger partial charge in [0, 0.05) is 30.8 Å². The van der Waals surface area contributed by atoms with E-state index < -0.39 is 12.3 Å². The van der Waals surface area contributed by atoms with Crippen molar-refractivity contribution in [3.63, 3.8) is 0 Å². The lowest BCUT2D eigenvalue weighted by Crippen LogP contribution is -2.22. The van der Waals surface area contributed by atoms with Crippen LogP contribution in [0.3, 0.4) is 0 Å². The van der Waals surface area contributed by atoms with Gasteiger partial charge in [0.15, 0.2) is 0 Å². The first-order valence-corrected chi connectivity index (χ1v) is 7.90. The molecular formula is C19H17F3N2O3. The molecule has 0 aromatic heterocycles. The minimum absolute atomic E-state index is 0.114. The summed E-state index contributed by atoms with van der Waals surface area (Å²) in [5.74, 6) is -1.02. The second-order valence-electron chi connectivity index (χ2n) is 5.51. The van der Waals surface area contributed by atoms with Crippen LogP contribution in [0.15, 0.2) is 54.6 Å². The average molecular weight is 378 g/mol. The second kappa shape index (κ2) is 8.88.